The summed E-state index contributed by atoms with van der Waals surface area (Å²) < 4.78 is 8.04. The van der Waals surface area contributed by atoms with Crippen molar-refractivity contribution in [1.29, 1.82) is 0 Å². The molecule has 1 atom stereocenters. The first-order valence-electron chi connectivity index (χ1n) is 6.37. The molecule has 5 nitrogen and oxygen atoms in total. The van der Waals surface area contributed by atoms with Crippen molar-refractivity contribution in [2.75, 3.05) is 0 Å². The number of aryl methyl sites for hydroxylation is 1. The minimum absolute atomic E-state index is 0.551. The molecular formula is C13H15BrN4O. The lowest BCUT2D eigenvalue weighted by Gasteiger charge is -2.00. The van der Waals surface area contributed by atoms with Gasteiger partial charge in [0.2, 0.25) is 5.89 Å². The van der Waals surface area contributed by atoms with Crippen molar-refractivity contribution in [3.8, 4) is 0 Å². The zero-order chi connectivity index (χ0) is 13.2. The van der Waals surface area contributed by atoms with Crippen molar-refractivity contribution in [3.63, 3.8) is 0 Å². The summed E-state index contributed by atoms with van der Waals surface area (Å²) in [4.78, 5) is 4.44. The van der Waals surface area contributed by atoms with Crippen LogP contribution in [0.5, 0.6) is 0 Å². The normalized spacial score (nSPS) is 18.3. The van der Waals surface area contributed by atoms with Gasteiger partial charge in [0.15, 0.2) is 5.82 Å². The Morgan fingerprint density at radius 3 is 3.11 bits per heavy atom. The Kier molecular flexibility index (Phi) is 3.50. The Morgan fingerprint density at radius 2 is 2.42 bits per heavy atom. The summed E-state index contributed by atoms with van der Waals surface area (Å²) in [6.45, 7) is 0. The van der Waals surface area contributed by atoms with Gasteiger partial charge in [-0.1, -0.05) is 17.3 Å². The van der Waals surface area contributed by atoms with Crippen LogP contribution in [0, 0.1) is 5.92 Å². The van der Waals surface area contributed by atoms with Gasteiger partial charge in [0, 0.05) is 19.7 Å². The molecule has 100 valence electrons. The molecule has 1 aliphatic rings. The largest absolute Gasteiger partial charge is 0.339 e. The highest BCUT2D eigenvalue weighted by Gasteiger charge is 2.16. The number of hydrogen-bond donors (Lipinski definition) is 0. The van der Waals surface area contributed by atoms with Crippen LogP contribution in [0.15, 0.2) is 27.3 Å². The van der Waals surface area contributed by atoms with Gasteiger partial charge in [-0.2, -0.15) is 10.1 Å². The van der Waals surface area contributed by atoms with E-state index in [9.17, 15) is 0 Å². The first kappa shape index (κ1) is 12.6. The highest BCUT2D eigenvalue weighted by atomic mass is 79.9. The van der Waals surface area contributed by atoms with E-state index in [-0.39, 0.29) is 0 Å². The second-order valence-electron chi connectivity index (χ2n) is 4.85. The van der Waals surface area contributed by atoms with Gasteiger partial charge >= 0.3 is 0 Å². The van der Waals surface area contributed by atoms with Crippen molar-refractivity contribution in [3.05, 3.63) is 40.2 Å². The van der Waals surface area contributed by atoms with Gasteiger partial charge in [-0.25, -0.2) is 0 Å². The molecule has 0 radical (unpaired) electrons. The molecule has 0 saturated carbocycles. The topological polar surface area (TPSA) is 56.7 Å². The molecule has 2 heterocycles. The van der Waals surface area contributed by atoms with E-state index in [4.69, 9.17) is 4.52 Å². The van der Waals surface area contributed by atoms with Gasteiger partial charge in [0.1, 0.15) is 0 Å². The maximum absolute atomic E-state index is 5.30. The fraction of sp³-hybridized carbons (Fsp3) is 0.462. The first-order valence-corrected chi connectivity index (χ1v) is 7.16. The molecular weight excluding hydrogens is 308 g/mol. The molecule has 19 heavy (non-hydrogen) atoms. The van der Waals surface area contributed by atoms with Crippen LogP contribution >= 0.6 is 15.9 Å². The molecule has 1 unspecified atom stereocenters. The summed E-state index contributed by atoms with van der Waals surface area (Å²) in [6, 6.07) is 0. The zero-order valence-electron chi connectivity index (χ0n) is 10.7. The van der Waals surface area contributed by atoms with Crippen molar-refractivity contribution < 1.29 is 4.52 Å². The second kappa shape index (κ2) is 5.28. The van der Waals surface area contributed by atoms with E-state index >= 15 is 0 Å². The Labute approximate surface area is 119 Å². The van der Waals surface area contributed by atoms with Crippen LogP contribution in [0.1, 0.15) is 30.3 Å². The predicted molar refractivity (Wildman–Crippen MR) is 73.6 cm³/mol. The van der Waals surface area contributed by atoms with Crippen LogP contribution in [-0.2, 0) is 19.9 Å². The third-order valence-electron chi connectivity index (χ3n) is 3.24. The van der Waals surface area contributed by atoms with Crippen LogP contribution in [-0.4, -0.2) is 19.9 Å². The van der Waals surface area contributed by atoms with E-state index < -0.39 is 0 Å². The number of aromatic nitrogens is 4. The van der Waals surface area contributed by atoms with Gasteiger partial charge in [0.25, 0.3) is 0 Å². The van der Waals surface area contributed by atoms with Gasteiger partial charge in [0.05, 0.1) is 16.6 Å². The molecule has 0 spiro atoms. The summed E-state index contributed by atoms with van der Waals surface area (Å²) in [5, 5.41) is 8.38. The standard InChI is InChI=1S/C13H15BrN4O/c1-18-8-10(14)11(16-18)7-12-15-13(19-17-12)6-9-4-2-3-5-9/h2,4,8-9H,3,5-7H2,1H3. The van der Waals surface area contributed by atoms with Crippen LogP contribution < -0.4 is 0 Å². The summed E-state index contributed by atoms with van der Waals surface area (Å²) in [5.41, 5.74) is 0.926. The molecule has 0 aromatic carbocycles. The Hall–Kier alpha value is -1.43. The lowest BCUT2D eigenvalue weighted by molar-refractivity contribution is 0.360. The third-order valence-corrected chi connectivity index (χ3v) is 3.90. The van der Waals surface area contributed by atoms with E-state index in [1.54, 1.807) is 4.68 Å². The predicted octanol–water partition coefficient (Wildman–Crippen LogP) is 2.67. The third kappa shape index (κ3) is 2.94. The Bertz CT molecular complexity index is 602. The average molecular weight is 323 g/mol. The van der Waals surface area contributed by atoms with E-state index in [1.807, 2.05) is 13.2 Å². The zero-order valence-corrected chi connectivity index (χ0v) is 12.3. The number of halogens is 1. The van der Waals surface area contributed by atoms with Crippen molar-refractivity contribution in [2.24, 2.45) is 13.0 Å². The molecule has 0 fully saturated rings. The molecule has 0 amide bonds. The quantitative estimate of drug-likeness (QED) is 0.812. The van der Waals surface area contributed by atoms with Gasteiger partial charge in [-0.05, 0) is 34.7 Å². The first-order chi connectivity index (χ1) is 9.20. The van der Waals surface area contributed by atoms with Crippen LogP contribution in [0.3, 0.4) is 0 Å². The SMILES string of the molecule is Cn1cc(Br)c(Cc2noc(CC3C=CCC3)n2)n1. The fourth-order valence-electron chi connectivity index (χ4n) is 2.31. The highest BCUT2D eigenvalue weighted by Crippen LogP contribution is 2.21. The number of rotatable bonds is 4. The second-order valence-corrected chi connectivity index (χ2v) is 5.70. The Morgan fingerprint density at radius 1 is 1.53 bits per heavy atom. The molecule has 0 saturated heterocycles. The molecule has 3 rings (SSSR count). The van der Waals surface area contributed by atoms with Crippen molar-refractivity contribution in [2.45, 2.75) is 25.7 Å². The van der Waals surface area contributed by atoms with E-state index in [1.165, 1.54) is 6.42 Å². The molecule has 2 aromatic rings. The van der Waals surface area contributed by atoms with E-state index in [2.05, 4.69) is 43.3 Å². The van der Waals surface area contributed by atoms with Crippen molar-refractivity contribution >= 4 is 15.9 Å². The van der Waals surface area contributed by atoms with Crippen LogP contribution in [0.25, 0.3) is 0 Å². The summed E-state index contributed by atoms with van der Waals surface area (Å²) in [5.74, 6) is 1.96. The molecule has 6 heteroatoms. The average Bonchev–Trinajstić information content (AvgIpc) is 3.05. The number of allylic oxidation sites excluding steroid dienone is 2. The summed E-state index contributed by atoms with van der Waals surface area (Å²) in [7, 11) is 1.89. The number of hydrogen-bond acceptors (Lipinski definition) is 4. The van der Waals surface area contributed by atoms with Crippen LogP contribution in [0.4, 0.5) is 0 Å². The van der Waals surface area contributed by atoms with E-state index in [0.29, 0.717) is 18.2 Å². The minimum Gasteiger partial charge on any atom is -0.339 e. The van der Waals surface area contributed by atoms with E-state index in [0.717, 1.165) is 28.9 Å². The molecule has 0 aliphatic heterocycles. The van der Waals surface area contributed by atoms with Gasteiger partial charge in [-0.3, -0.25) is 4.68 Å². The Balaban J connectivity index is 1.67. The van der Waals surface area contributed by atoms with Gasteiger partial charge < -0.3 is 4.52 Å². The maximum atomic E-state index is 5.30. The summed E-state index contributed by atoms with van der Waals surface area (Å²) >= 11 is 3.47. The lowest BCUT2D eigenvalue weighted by atomic mass is 10.1. The van der Waals surface area contributed by atoms with Crippen LogP contribution in [0.2, 0.25) is 0 Å². The molecule has 2 aromatic heterocycles. The fourth-order valence-corrected chi connectivity index (χ4v) is 2.83. The monoisotopic (exact) mass is 322 g/mol. The smallest absolute Gasteiger partial charge is 0.227 e. The molecule has 0 bridgehead atoms. The van der Waals surface area contributed by atoms with Gasteiger partial charge in [-0.15, -0.1) is 0 Å². The van der Waals surface area contributed by atoms with Crippen molar-refractivity contribution in [1.82, 2.24) is 19.9 Å². The maximum Gasteiger partial charge on any atom is 0.227 e. The lowest BCUT2D eigenvalue weighted by Crippen LogP contribution is -1.99. The molecule has 1 aliphatic carbocycles. The minimum atomic E-state index is 0.551. The highest BCUT2D eigenvalue weighted by molar-refractivity contribution is 9.10. The number of nitrogens with zero attached hydrogens (tertiary/aromatic N) is 4. The molecule has 0 N–H and O–H groups in total. The summed E-state index contributed by atoms with van der Waals surface area (Å²) in [6.07, 6.45) is 10.1.